The van der Waals surface area contributed by atoms with Crippen molar-refractivity contribution >= 4 is 17.1 Å². The molecule has 3 rings (SSSR count). The first-order valence-corrected chi connectivity index (χ1v) is 8.46. The number of aromatic nitrogens is 2. The molecule has 132 valence electrons. The van der Waals surface area contributed by atoms with E-state index in [1.165, 1.54) is 4.57 Å². The lowest BCUT2D eigenvalue weighted by atomic mass is 9.95. The summed E-state index contributed by atoms with van der Waals surface area (Å²) in [4.78, 5) is 31.2. The molecule has 1 aromatic heterocycles. The van der Waals surface area contributed by atoms with Gasteiger partial charge in [-0.2, -0.15) is 0 Å². The summed E-state index contributed by atoms with van der Waals surface area (Å²) in [6.45, 7) is 1.63. The molecule has 0 bridgehead atoms. The van der Waals surface area contributed by atoms with Gasteiger partial charge in [0.05, 0.1) is 11.4 Å². The van der Waals surface area contributed by atoms with Crippen LogP contribution in [0, 0.1) is 0 Å². The molecule has 0 amide bonds. The third-order valence-electron chi connectivity index (χ3n) is 4.59. The van der Waals surface area contributed by atoms with E-state index >= 15 is 0 Å². The molecule has 0 atom stereocenters. The number of hydrogen-bond donors (Lipinski definition) is 3. The number of nitrogens with zero attached hydrogens (tertiary/aromatic N) is 2. The van der Waals surface area contributed by atoms with E-state index in [0.717, 1.165) is 32.1 Å². The first-order chi connectivity index (χ1) is 12.0. The van der Waals surface area contributed by atoms with Gasteiger partial charge in [0.25, 0.3) is 5.56 Å². The van der Waals surface area contributed by atoms with Crippen molar-refractivity contribution in [1.29, 1.82) is 0 Å². The molecule has 0 unspecified atom stereocenters. The van der Waals surface area contributed by atoms with Gasteiger partial charge in [-0.3, -0.25) is 19.3 Å². The third-order valence-corrected chi connectivity index (χ3v) is 4.59. The third kappa shape index (κ3) is 3.50. The van der Waals surface area contributed by atoms with E-state index in [4.69, 9.17) is 5.73 Å². The molecule has 0 aliphatic heterocycles. The van der Waals surface area contributed by atoms with Crippen LogP contribution in [0.1, 0.15) is 50.6 Å². The van der Waals surface area contributed by atoms with E-state index in [-0.39, 0.29) is 17.5 Å². The van der Waals surface area contributed by atoms with Gasteiger partial charge in [-0.15, -0.1) is 0 Å². The fourth-order valence-electron chi connectivity index (χ4n) is 3.39. The van der Waals surface area contributed by atoms with Gasteiger partial charge in [-0.25, -0.2) is 4.79 Å². The van der Waals surface area contributed by atoms with E-state index in [0.29, 0.717) is 17.1 Å². The average Bonchev–Trinajstić information content (AvgIpc) is 2.55. The summed E-state index contributed by atoms with van der Waals surface area (Å²) in [5.41, 5.74) is 6.01. The molecule has 1 aliphatic rings. The zero-order valence-electron chi connectivity index (χ0n) is 14.2. The molecule has 1 saturated carbocycles. The second-order valence-electron chi connectivity index (χ2n) is 6.41. The number of aromatic amines is 1. The summed E-state index contributed by atoms with van der Waals surface area (Å²) in [6.07, 6.45) is 4.75. The van der Waals surface area contributed by atoms with Crippen molar-refractivity contribution in [3.63, 3.8) is 0 Å². The summed E-state index contributed by atoms with van der Waals surface area (Å²) >= 11 is 0. The molecule has 0 spiro atoms. The fraction of sp³-hybridized carbons (Fsp3) is 0.389. The van der Waals surface area contributed by atoms with Crippen molar-refractivity contribution < 1.29 is 5.11 Å². The van der Waals surface area contributed by atoms with Crippen molar-refractivity contribution in [3.05, 3.63) is 50.7 Å². The Morgan fingerprint density at radius 1 is 1.28 bits per heavy atom. The van der Waals surface area contributed by atoms with E-state index < -0.39 is 11.2 Å². The normalized spacial score (nSPS) is 16.1. The van der Waals surface area contributed by atoms with E-state index in [1.54, 1.807) is 31.2 Å². The highest BCUT2D eigenvalue weighted by Crippen LogP contribution is 2.30. The smallest absolute Gasteiger partial charge is 0.331 e. The standard InChI is InChI=1S/C18H22N4O3/c1-11(20-13-7-5-6-12(19)10-13)15-16(23)21-18(25)22(17(15)24)14-8-3-2-4-9-14/h5-7,10,14,24H,2-4,8-9,19H2,1H3,(H,21,23,25). The Labute approximate surface area is 144 Å². The topological polar surface area (TPSA) is 113 Å². The zero-order valence-corrected chi connectivity index (χ0v) is 14.2. The molecule has 0 radical (unpaired) electrons. The van der Waals surface area contributed by atoms with E-state index in [2.05, 4.69) is 9.98 Å². The van der Waals surface area contributed by atoms with Crippen LogP contribution in [0.4, 0.5) is 11.4 Å². The van der Waals surface area contributed by atoms with Crippen molar-refractivity contribution in [3.8, 4) is 5.88 Å². The molecule has 1 fully saturated rings. The van der Waals surface area contributed by atoms with Crippen LogP contribution in [0.15, 0.2) is 38.8 Å². The minimum atomic E-state index is -0.639. The number of aliphatic imine (C=N–C) groups is 1. The van der Waals surface area contributed by atoms with Gasteiger partial charge in [0.2, 0.25) is 5.88 Å². The lowest BCUT2D eigenvalue weighted by molar-refractivity contribution is 0.298. The Balaban J connectivity index is 2.09. The van der Waals surface area contributed by atoms with Crippen LogP contribution in [0.3, 0.4) is 0 Å². The van der Waals surface area contributed by atoms with Crippen LogP contribution in [-0.2, 0) is 0 Å². The maximum atomic E-state index is 12.3. The Hall–Kier alpha value is -2.83. The molecule has 2 aromatic rings. The van der Waals surface area contributed by atoms with Crippen molar-refractivity contribution in [2.75, 3.05) is 5.73 Å². The molecule has 4 N–H and O–H groups in total. The lowest BCUT2D eigenvalue weighted by Crippen LogP contribution is -2.36. The van der Waals surface area contributed by atoms with Crippen LogP contribution >= 0.6 is 0 Å². The molecule has 1 aliphatic carbocycles. The number of nitrogens with one attached hydrogen (secondary N) is 1. The highest BCUT2D eigenvalue weighted by atomic mass is 16.3. The number of aromatic hydroxyl groups is 1. The molecular weight excluding hydrogens is 320 g/mol. The van der Waals surface area contributed by atoms with Gasteiger partial charge in [-0.05, 0) is 38.0 Å². The molecule has 1 heterocycles. The van der Waals surface area contributed by atoms with Gasteiger partial charge in [-0.1, -0.05) is 25.3 Å². The summed E-state index contributed by atoms with van der Waals surface area (Å²) in [7, 11) is 0. The van der Waals surface area contributed by atoms with Crippen molar-refractivity contribution in [1.82, 2.24) is 9.55 Å². The van der Waals surface area contributed by atoms with Crippen LogP contribution in [-0.4, -0.2) is 20.4 Å². The Morgan fingerprint density at radius 2 is 2.00 bits per heavy atom. The minimum absolute atomic E-state index is 0.0209. The van der Waals surface area contributed by atoms with Crippen LogP contribution < -0.4 is 17.0 Å². The minimum Gasteiger partial charge on any atom is -0.494 e. The number of anilines is 1. The molecule has 7 nitrogen and oxygen atoms in total. The van der Waals surface area contributed by atoms with E-state index in [9.17, 15) is 14.7 Å². The second kappa shape index (κ2) is 6.96. The lowest BCUT2D eigenvalue weighted by Gasteiger charge is -2.25. The summed E-state index contributed by atoms with van der Waals surface area (Å²) in [5, 5.41) is 10.6. The Kier molecular flexibility index (Phi) is 4.74. The van der Waals surface area contributed by atoms with Crippen molar-refractivity contribution in [2.24, 2.45) is 4.99 Å². The second-order valence-corrected chi connectivity index (χ2v) is 6.41. The number of rotatable bonds is 3. The Bertz CT molecular complexity index is 921. The largest absolute Gasteiger partial charge is 0.494 e. The fourth-order valence-corrected chi connectivity index (χ4v) is 3.39. The average molecular weight is 342 g/mol. The molecular formula is C18H22N4O3. The number of benzene rings is 1. The van der Waals surface area contributed by atoms with Gasteiger partial charge >= 0.3 is 5.69 Å². The predicted octanol–water partition coefficient (Wildman–Crippen LogP) is 2.47. The number of nitrogen functional groups attached to an aromatic ring is 1. The van der Waals surface area contributed by atoms with Crippen LogP contribution in [0.2, 0.25) is 0 Å². The van der Waals surface area contributed by atoms with Gasteiger partial charge in [0.15, 0.2) is 0 Å². The highest BCUT2D eigenvalue weighted by Gasteiger charge is 2.23. The number of H-pyrrole nitrogens is 1. The van der Waals surface area contributed by atoms with Crippen molar-refractivity contribution in [2.45, 2.75) is 45.1 Å². The van der Waals surface area contributed by atoms with Crippen LogP contribution in [0.25, 0.3) is 0 Å². The zero-order chi connectivity index (χ0) is 18.0. The Morgan fingerprint density at radius 3 is 2.68 bits per heavy atom. The summed E-state index contributed by atoms with van der Waals surface area (Å²) in [6, 6.07) is 6.82. The summed E-state index contributed by atoms with van der Waals surface area (Å²) < 4.78 is 1.30. The number of nitrogens with two attached hydrogens (primary N) is 1. The first kappa shape index (κ1) is 17.0. The van der Waals surface area contributed by atoms with Gasteiger partial charge in [0, 0.05) is 11.7 Å². The molecule has 7 heteroatoms. The molecule has 25 heavy (non-hydrogen) atoms. The van der Waals surface area contributed by atoms with Gasteiger partial charge < -0.3 is 10.8 Å². The summed E-state index contributed by atoms with van der Waals surface area (Å²) in [5.74, 6) is -0.314. The first-order valence-electron chi connectivity index (χ1n) is 8.46. The van der Waals surface area contributed by atoms with E-state index in [1.807, 2.05) is 0 Å². The monoisotopic (exact) mass is 342 g/mol. The molecule has 0 saturated heterocycles. The predicted molar refractivity (Wildman–Crippen MR) is 97.8 cm³/mol. The van der Waals surface area contributed by atoms with Gasteiger partial charge in [0.1, 0.15) is 5.56 Å². The maximum absolute atomic E-state index is 12.3. The maximum Gasteiger partial charge on any atom is 0.331 e. The SMILES string of the molecule is CC(=Nc1cccc(N)c1)c1c(O)n(C2CCCCC2)c(=O)[nH]c1=O. The highest BCUT2D eigenvalue weighted by molar-refractivity contribution is 6.01. The molecule has 1 aromatic carbocycles. The van der Waals surface area contributed by atoms with Crippen LogP contribution in [0.5, 0.6) is 5.88 Å². The number of hydrogen-bond acceptors (Lipinski definition) is 5. The quantitative estimate of drug-likeness (QED) is 0.587.